The summed E-state index contributed by atoms with van der Waals surface area (Å²) in [6.07, 6.45) is 4.10. The molecule has 0 spiro atoms. The van der Waals surface area contributed by atoms with Gasteiger partial charge in [0.1, 0.15) is 0 Å². The lowest BCUT2D eigenvalue weighted by Crippen LogP contribution is -2.29. The number of hydrogen-bond acceptors (Lipinski definition) is 3. The van der Waals surface area contributed by atoms with E-state index < -0.39 is 10.0 Å². The van der Waals surface area contributed by atoms with E-state index in [1.54, 1.807) is 24.3 Å². The highest BCUT2D eigenvalue weighted by molar-refractivity contribution is 7.92. The Morgan fingerprint density at radius 1 is 0.844 bits per heavy atom. The quantitative estimate of drug-likeness (QED) is 0.542. The number of anilines is 2. The summed E-state index contributed by atoms with van der Waals surface area (Å²) in [5.41, 5.74) is 7.48. The van der Waals surface area contributed by atoms with Gasteiger partial charge in [-0.25, -0.2) is 8.42 Å². The van der Waals surface area contributed by atoms with E-state index >= 15 is 0 Å². The van der Waals surface area contributed by atoms with Crippen LogP contribution in [0.25, 0.3) is 0 Å². The van der Waals surface area contributed by atoms with Crippen LogP contribution in [0.3, 0.4) is 0 Å². The number of aryl methyl sites for hydroxylation is 2. The average molecular weight is 451 g/mol. The largest absolute Gasteiger partial charge is 0.384 e. The van der Waals surface area contributed by atoms with Crippen LogP contribution in [0.5, 0.6) is 0 Å². The second-order valence-corrected chi connectivity index (χ2v) is 9.84. The summed E-state index contributed by atoms with van der Waals surface area (Å²) < 4.78 is 26.9. The maximum absolute atomic E-state index is 12.7. The van der Waals surface area contributed by atoms with Gasteiger partial charge in [-0.3, -0.25) is 4.31 Å². The van der Waals surface area contributed by atoms with Gasteiger partial charge in [0.05, 0.1) is 10.6 Å². The molecule has 1 N–H and O–H groups in total. The van der Waals surface area contributed by atoms with E-state index in [0.717, 1.165) is 37.1 Å². The van der Waals surface area contributed by atoms with Gasteiger partial charge in [0, 0.05) is 18.8 Å². The second-order valence-electron chi connectivity index (χ2n) is 7.98. The average Bonchev–Trinajstić information content (AvgIpc) is 3.46. The fourth-order valence-corrected chi connectivity index (χ4v) is 5.72. The molecule has 0 aliphatic carbocycles. The summed E-state index contributed by atoms with van der Waals surface area (Å²) in [5.74, 6) is 0. The molecule has 2 aliphatic rings. The van der Waals surface area contributed by atoms with Crippen molar-refractivity contribution in [3.63, 3.8) is 0 Å². The Bertz CT molecular complexity index is 1160. The van der Waals surface area contributed by atoms with Crippen LogP contribution in [-0.4, -0.2) is 21.5 Å². The monoisotopic (exact) mass is 450 g/mol. The molecule has 0 radical (unpaired) electrons. The predicted octanol–water partition coefficient (Wildman–Crippen LogP) is 5.85. The highest BCUT2D eigenvalue weighted by atomic mass is 32.2. The molecule has 0 aromatic heterocycles. The van der Waals surface area contributed by atoms with Crippen molar-refractivity contribution in [2.45, 2.75) is 51.9 Å². The lowest BCUT2D eigenvalue weighted by atomic mass is 10.1. The van der Waals surface area contributed by atoms with Crippen LogP contribution in [0.2, 0.25) is 0 Å². The number of hydrogen-bond donors (Lipinski definition) is 1. The van der Waals surface area contributed by atoms with Gasteiger partial charge in [-0.2, -0.15) is 0 Å². The highest BCUT2D eigenvalue weighted by Crippen LogP contribution is 2.33. The van der Waals surface area contributed by atoms with Crippen LogP contribution in [0, 0.1) is 0 Å². The van der Waals surface area contributed by atoms with Crippen LogP contribution in [0.4, 0.5) is 11.4 Å². The first-order valence-corrected chi connectivity index (χ1v) is 12.5. The van der Waals surface area contributed by atoms with Crippen molar-refractivity contribution in [3.8, 4) is 0 Å². The Balaban J connectivity index is 0.000000204. The number of rotatable bonds is 4. The third-order valence-corrected chi connectivity index (χ3v) is 7.85. The van der Waals surface area contributed by atoms with Crippen molar-refractivity contribution in [2.24, 2.45) is 0 Å². The van der Waals surface area contributed by atoms with Gasteiger partial charge in [0.15, 0.2) is 0 Å². The van der Waals surface area contributed by atoms with Gasteiger partial charge in [-0.1, -0.05) is 63.7 Å². The van der Waals surface area contributed by atoms with Gasteiger partial charge >= 0.3 is 0 Å². The van der Waals surface area contributed by atoms with Gasteiger partial charge < -0.3 is 5.32 Å². The zero-order chi connectivity index (χ0) is 21.8. The first-order chi connectivity index (χ1) is 15.0. The Labute approximate surface area is 193 Å². The summed E-state index contributed by atoms with van der Waals surface area (Å²) in [7, 11) is -3.44. The fraction of sp³-hybridized carbons (Fsp3) is 0.333. The molecule has 5 rings (SSSR count). The predicted molar refractivity (Wildman–Crippen MR) is 135 cm³/mol. The number of nitrogens with zero attached hydrogens (tertiary/aromatic N) is 1. The van der Waals surface area contributed by atoms with Crippen LogP contribution in [0.15, 0.2) is 71.6 Å². The highest BCUT2D eigenvalue weighted by Gasteiger charge is 2.30. The van der Waals surface area contributed by atoms with E-state index in [2.05, 4.69) is 43.4 Å². The zero-order valence-corrected chi connectivity index (χ0v) is 19.1. The molecule has 0 unspecified atom stereocenters. The normalized spacial score (nSPS) is 13.9. The Morgan fingerprint density at radius 2 is 1.50 bits per heavy atom. The minimum Gasteiger partial charge on any atom is -0.384 e. The standard InChI is InChI=1S/C16H17NO2S.C10H13N.CH4/c1-2-13-8-9-16-14(12-13)10-11-17(16)20(18,19)15-6-4-3-5-7-15;1-2-8-3-4-10-9(7-8)5-6-11-10;/h3-9,12H,2,10-11H2,1H3;3-4,7,11H,2,5-6H2,1H3;1H4. The van der Waals surface area contributed by atoms with E-state index in [-0.39, 0.29) is 7.43 Å². The third-order valence-electron chi connectivity index (χ3n) is 6.02. The van der Waals surface area contributed by atoms with E-state index in [9.17, 15) is 8.42 Å². The molecule has 32 heavy (non-hydrogen) atoms. The summed E-state index contributed by atoms with van der Waals surface area (Å²) in [4.78, 5) is 0.354. The molecule has 2 aliphatic heterocycles. The molecule has 0 saturated carbocycles. The lowest BCUT2D eigenvalue weighted by Gasteiger charge is -2.19. The minimum atomic E-state index is -3.44. The molecule has 3 aromatic rings. The SMILES string of the molecule is C.CCc1ccc2c(c1)CCN2.CCc1ccc2c(c1)CCN2S(=O)(=O)c1ccccc1. The van der Waals surface area contributed by atoms with Gasteiger partial charge in [0.2, 0.25) is 0 Å². The number of sulfonamides is 1. The first kappa shape index (κ1) is 23.9. The molecule has 0 fully saturated rings. The molecular formula is C27H34N2O2S. The third kappa shape index (κ3) is 4.83. The van der Waals surface area contributed by atoms with E-state index in [0.29, 0.717) is 11.4 Å². The van der Waals surface area contributed by atoms with Crippen molar-refractivity contribution in [3.05, 3.63) is 89.0 Å². The topological polar surface area (TPSA) is 49.4 Å². The van der Waals surface area contributed by atoms with Crippen LogP contribution < -0.4 is 9.62 Å². The van der Waals surface area contributed by atoms with Crippen molar-refractivity contribution >= 4 is 21.4 Å². The molecule has 2 heterocycles. The Morgan fingerprint density at radius 3 is 2.19 bits per heavy atom. The van der Waals surface area contributed by atoms with E-state index in [4.69, 9.17) is 0 Å². The van der Waals surface area contributed by atoms with E-state index in [1.807, 2.05) is 18.2 Å². The first-order valence-electron chi connectivity index (χ1n) is 11.1. The number of nitrogens with one attached hydrogen (secondary N) is 1. The molecule has 0 atom stereocenters. The summed E-state index contributed by atoms with van der Waals surface area (Å²) in [5, 5.41) is 3.35. The van der Waals surface area contributed by atoms with Crippen molar-refractivity contribution in [1.82, 2.24) is 0 Å². The van der Waals surface area contributed by atoms with Crippen molar-refractivity contribution in [1.29, 1.82) is 0 Å². The van der Waals surface area contributed by atoms with E-state index in [1.165, 1.54) is 33.1 Å². The van der Waals surface area contributed by atoms with Crippen molar-refractivity contribution in [2.75, 3.05) is 22.7 Å². The van der Waals surface area contributed by atoms with Crippen molar-refractivity contribution < 1.29 is 8.42 Å². The molecule has 0 amide bonds. The zero-order valence-electron chi connectivity index (χ0n) is 18.3. The van der Waals surface area contributed by atoms with Gasteiger partial charge in [0.25, 0.3) is 10.0 Å². The smallest absolute Gasteiger partial charge is 0.264 e. The Kier molecular flexibility index (Phi) is 7.62. The number of fused-ring (bicyclic) bond motifs is 2. The number of benzene rings is 3. The van der Waals surface area contributed by atoms with Crippen LogP contribution >= 0.6 is 0 Å². The van der Waals surface area contributed by atoms with Crippen LogP contribution in [-0.2, 0) is 35.7 Å². The maximum Gasteiger partial charge on any atom is 0.264 e. The second kappa shape index (κ2) is 10.2. The summed E-state index contributed by atoms with van der Waals surface area (Å²) in [6.45, 7) is 5.95. The lowest BCUT2D eigenvalue weighted by molar-refractivity contribution is 0.592. The molecule has 0 bridgehead atoms. The summed E-state index contributed by atoms with van der Waals surface area (Å²) in [6, 6.07) is 21.4. The minimum absolute atomic E-state index is 0. The van der Waals surface area contributed by atoms with Gasteiger partial charge in [-0.15, -0.1) is 0 Å². The Hall–Kier alpha value is -2.79. The van der Waals surface area contributed by atoms with Crippen LogP contribution in [0.1, 0.15) is 43.5 Å². The fourth-order valence-electron chi connectivity index (χ4n) is 4.19. The molecular weight excluding hydrogens is 416 g/mol. The maximum atomic E-state index is 12.7. The summed E-state index contributed by atoms with van der Waals surface area (Å²) >= 11 is 0. The molecule has 170 valence electrons. The molecule has 3 aromatic carbocycles. The van der Waals surface area contributed by atoms with Gasteiger partial charge in [-0.05, 0) is 72.2 Å². The molecule has 0 saturated heterocycles. The molecule has 5 heteroatoms. The molecule has 4 nitrogen and oxygen atoms in total.